The maximum atomic E-state index is 2.67. The Kier molecular flexibility index (Phi) is 9.71. The van der Waals surface area contributed by atoms with Crippen molar-refractivity contribution in [1.29, 1.82) is 0 Å². The molecule has 0 N–H and O–H groups in total. The van der Waals surface area contributed by atoms with Gasteiger partial charge in [-0.15, -0.1) is 0 Å². The molecular weight excluding hydrogens is 304 g/mol. The molecule has 0 aliphatic heterocycles. The smallest absolute Gasteiger partial charge is 0.0127 e. The van der Waals surface area contributed by atoms with Gasteiger partial charge in [0.25, 0.3) is 0 Å². The van der Waals surface area contributed by atoms with Crippen LogP contribution in [0.2, 0.25) is 0 Å². The van der Waals surface area contributed by atoms with Gasteiger partial charge in [0.15, 0.2) is 0 Å². The Labute approximate surface area is 160 Å². The average molecular weight is 355 g/mol. The molecule has 0 heterocycles. The van der Waals surface area contributed by atoms with E-state index in [1.165, 1.54) is 38.9 Å². The van der Waals surface area contributed by atoms with E-state index in [9.17, 15) is 0 Å². The quantitative estimate of drug-likeness (QED) is 0.416. The number of nitrogens with zero attached hydrogens (tertiary/aromatic N) is 2. The third-order valence-electron chi connectivity index (χ3n) is 5.15. The molecule has 0 fully saturated rings. The molecular formula is C23H50N2. The Morgan fingerprint density at radius 2 is 1.24 bits per heavy atom. The highest BCUT2D eigenvalue weighted by Gasteiger charge is 2.30. The molecule has 2 heteroatoms. The van der Waals surface area contributed by atoms with E-state index in [4.69, 9.17) is 0 Å². The normalized spacial score (nSPS) is 14.4. The van der Waals surface area contributed by atoms with Gasteiger partial charge in [-0.25, -0.2) is 0 Å². The fraction of sp³-hybridized carbons (Fsp3) is 1.00. The predicted octanol–water partition coefficient (Wildman–Crippen LogP) is 6.45. The van der Waals surface area contributed by atoms with Gasteiger partial charge in [0.1, 0.15) is 0 Å². The first-order chi connectivity index (χ1) is 11.1. The van der Waals surface area contributed by atoms with Gasteiger partial charge in [-0.1, -0.05) is 34.1 Å². The highest BCUT2D eigenvalue weighted by Crippen LogP contribution is 2.29. The summed E-state index contributed by atoms with van der Waals surface area (Å²) in [6.07, 6.45) is 3.95. The van der Waals surface area contributed by atoms with E-state index < -0.39 is 0 Å². The van der Waals surface area contributed by atoms with Gasteiger partial charge >= 0.3 is 0 Å². The fourth-order valence-corrected chi connectivity index (χ4v) is 3.78. The van der Waals surface area contributed by atoms with Crippen molar-refractivity contribution in [3.05, 3.63) is 0 Å². The summed E-state index contributed by atoms with van der Waals surface area (Å²) in [5, 5.41) is 0. The van der Waals surface area contributed by atoms with E-state index >= 15 is 0 Å². The van der Waals surface area contributed by atoms with Crippen LogP contribution in [0.1, 0.15) is 102 Å². The predicted molar refractivity (Wildman–Crippen MR) is 115 cm³/mol. The Hall–Kier alpha value is -0.0800. The molecule has 0 spiro atoms. The number of hydrogen-bond acceptors (Lipinski definition) is 2. The summed E-state index contributed by atoms with van der Waals surface area (Å²) in [6, 6.07) is 0.599. The van der Waals surface area contributed by atoms with Gasteiger partial charge in [-0.2, -0.15) is 0 Å². The van der Waals surface area contributed by atoms with E-state index in [-0.39, 0.29) is 11.1 Å². The van der Waals surface area contributed by atoms with E-state index in [0.29, 0.717) is 11.5 Å². The molecule has 25 heavy (non-hydrogen) atoms. The zero-order valence-corrected chi connectivity index (χ0v) is 19.8. The van der Waals surface area contributed by atoms with E-state index in [1.54, 1.807) is 0 Å². The number of rotatable bonds is 10. The topological polar surface area (TPSA) is 6.48 Å². The van der Waals surface area contributed by atoms with Crippen LogP contribution in [-0.2, 0) is 0 Å². The SMILES string of the molecule is CC(C)CN(CCCCC(C)(C)CN(C(C)C)C(C)(C)C)C(C)(C)C. The van der Waals surface area contributed by atoms with Crippen LogP contribution in [0.15, 0.2) is 0 Å². The van der Waals surface area contributed by atoms with E-state index in [0.717, 1.165) is 5.92 Å². The van der Waals surface area contributed by atoms with Crippen molar-refractivity contribution in [2.24, 2.45) is 11.3 Å². The Balaban J connectivity index is 4.54. The van der Waals surface area contributed by atoms with Crippen LogP contribution in [-0.4, -0.2) is 46.6 Å². The summed E-state index contributed by atoms with van der Waals surface area (Å²) >= 11 is 0. The summed E-state index contributed by atoms with van der Waals surface area (Å²) in [6.45, 7) is 31.9. The molecule has 0 aromatic carbocycles. The number of unbranched alkanes of at least 4 members (excludes halogenated alkanes) is 1. The molecule has 152 valence electrons. The van der Waals surface area contributed by atoms with Gasteiger partial charge in [0.05, 0.1) is 0 Å². The van der Waals surface area contributed by atoms with Crippen molar-refractivity contribution in [3.8, 4) is 0 Å². The van der Waals surface area contributed by atoms with Gasteiger partial charge in [0.2, 0.25) is 0 Å². The second-order valence-corrected chi connectivity index (χ2v) is 11.5. The minimum Gasteiger partial charge on any atom is -0.298 e. The summed E-state index contributed by atoms with van der Waals surface area (Å²) in [5.74, 6) is 0.738. The maximum Gasteiger partial charge on any atom is 0.0127 e. The molecule has 0 aromatic heterocycles. The van der Waals surface area contributed by atoms with Crippen LogP contribution in [0.25, 0.3) is 0 Å². The lowest BCUT2D eigenvalue weighted by Crippen LogP contribution is -2.50. The molecule has 0 saturated carbocycles. The molecule has 0 radical (unpaired) electrons. The van der Waals surface area contributed by atoms with Crippen LogP contribution in [0, 0.1) is 11.3 Å². The van der Waals surface area contributed by atoms with Crippen molar-refractivity contribution in [2.75, 3.05) is 19.6 Å². The first-order valence-electron chi connectivity index (χ1n) is 10.6. The van der Waals surface area contributed by atoms with Crippen molar-refractivity contribution in [3.63, 3.8) is 0 Å². The van der Waals surface area contributed by atoms with Crippen LogP contribution in [0.5, 0.6) is 0 Å². The van der Waals surface area contributed by atoms with Crippen LogP contribution in [0.3, 0.4) is 0 Å². The van der Waals surface area contributed by atoms with Gasteiger partial charge < -0.3 is 0 Å². The second kappa shape index (κ2) is 9.74. The molecule has 0 aliphatic rings. The van der Waals surface area contributed by atoms with Gasteiger partial charge in [0, 0.05) is 30.2 Å². The van der Waals surface area contributed by atoms with Gasteiger partial charge in [-0.3, -0.25) is 9.80 Å². The van der Waals surface area contributed by atoms with Crippen molar-refractivity contribution < 1.29 is 0 Å². The lowest BCUT2D eigenvalue weighted by atomic mass is 9.84. The Bertz CT molecular complexity index is 355. The average Bonchev–Trinajstić information content (AvgIpc) is 2.36. The zero-order chi connectivity index (χ0) is 20.1. The Morgan fingerprint density at radius 3 is 1.60 bits per heavy atom. The molecule has 0 aliphatic carbocycles. The summed E-state index contributed by atoms with van der Waals surface area (Å²) in [7, 11) is 0. The molecule has 0 atom stereocenters. The van der Waals surface area contributed by atoms with Crippen molar-refractivity contribution in [2.45, 2.75) is 119 Å². The monoisotopic (exact) mass is 354 g/mol. The molecule has 2 nitrogen and oxygen atoms in total. The van der Waals surface area contributed by atoms with Crippen LogP contribution in [0.4, 0.5) is 0 Å². The lowest BCUT2D eigenvalue weighted by Gasteiger charge is -2.44. The summed E-state index contributed by atoms with van der Waals surface area (Å²) in [5.41, 5.74) is 0.897. The third kappa shape index (κ3) is 10.6. The summed E-state index contributed by atoms with van der Waals surface area (Å²) in [4.78, 5) is 5.33. The Morgan fingerprint density at radius 1 is 0.720 bits per heavy atom. The highest BCUT2D eigenvalue weighted by atomic mass is 15.2. The van der Waals surface area contributed by atoms with Crippen molar-refractivity contribution >= 4 is 0 Å². The molecule has 0 bridgehead atoms. The molecule has 0 saturated heterocycles. The maximum absolute atomic E-state index is 2.67. The third-order valence-corrected chi connectivity index (χ3v) is 5.15. The summed E-state index contributed by atoms with van der Waals surface area (Å²) < 4.78 is 0. The second-order valence-electron chi connectivity index (χ2n) is 11.5. The van der Waals surface area contributed by atoms with E-state index in [2.05, 4.69) is 92.9 Å². The highest BCUT2D eigenvalue weighted by molar-refractivity contribution is 4.85. The van der Waals surface area contributed by atoms with Gasteiger partial charge in [-0.05, 0) is 86.1 Å². The molecule has 0 aromatic rings. The fourth-order valence-electron chi connectivity index (χ4n) is 3.78. The molecule has 0 amide bonds. The standard InChI is InChI=1S/C23H50N2/c1-19(2)17-24(21(5,6)7)16-14-13-15-23(11,12)18-25(20(3)4)22(8,9)10/h19-20H,13-18H2,1-12H3. The largest absolute Gasteiger partial charge is 0.298 e. The minimum absolute atomic E-state index is 0.242. The number of hydrogen-bond donors (Lipinski definition) is 0. The first kappa shape index (κ1) is 24.9. The zero-order valence-electron chi connectivity index (χ0n) is 19.8. The van der Waals surface area contributed by atoms with Crippen molar-refractivity contribution in [1.82, 2.24) is 9.80 Å². The first-order valence-corrected chi connectivity index (χ1v) is 10.6. The van der Waals surface area contributed by atoms with Crippen LogP contribution < -0.4 is 0 Å². The lowest BCUT2D eigenvalue weighted by molar-refractivity contribution is 0.0490. The minimum atomic E-state index is 0.242. The molecule has 0 rings (SSSR count). The van der Waals surface area contributed by atoms with Crippen LogP contribution >= 0.6 is 0 Å². The molecule has 0 unspecified atom stereocenters. The van der Waals surface area contributed by atoms with E-state index in [1.807, 2.05) is 0 Å².